The lowest BCUT2D eigenvalue weighted by Gasteiger charge is -2.42. The molecule has 1 aliphatic heterocycles. The average Bonchev–Trinajstić information content (AvgIpc) is 2.35. The molecule has 3 heteroatoms. The van der Waals surface area contributed by atoms with Crippen LogP contribution in [0.1, 0.15) is 42.1 Å². The highest BCUT2D eigenvalue weighted by molar-refractivity contribution is 8.00. The fourth-order valence-electron chi connectivity index (χ4n) is 3.13. The lowest BCUT2D eigenvalue weighted by molar-refractivity contribution is 0.192. The van der Waals surface area contributed by atoms with Gasteiger partial charge in [0.1, 0.15) is 0 Å². The summed E-state index contributed by atoms with van der Waals surface area (Å²) in [6, 6.07) is 5.00. The van der Waals surface area contributed by atoms with Crippen LogP contribution in [0.2, 0.25) is 0 Å². The molecule has 1 aromatic carbocycles. The van der Waals surface area contributed by atoms with Crippen molar-refractivity contribution < 1.29 is 0 Å². The second kappa shape index (κ2) is 6.08. The lowest BCUT2D eigenvalue weighted by Crippen LogP contribution is -2.46. The molecule has 1 aromatic rings. The maximum absolute atomic E-state index is 6.13. The van der Waals surface area contributed by atoms with Crippen LogP contribution < -0.4 is 5.73 Å². The molecular formula is C17H28N2S. The molecule has 0 amide bonds. The molecule has 0 aliphatic carbocycles. The molecule has 2 N–H and O–H groups in total. The summed E-state index contributed by atoms with van der Waals surface area (Å²) in [6.45, 7) is 14.2. The number of thioether (sulfide) groups is 1. The van der Waals surface area contributed by atoms with E-state index in [0.717, 1.165) is 13.1 Å². The number of aryl methyl sites for hydroxylation is 3. The van der Waals surface area contributed by atoms with E-state index in [-0.39, 0.29) is 0 Å². The van der Waals surface area contributed by atoms with Gasteiger partial charge in [-0.05, 0) is 56.9 Å². The third kappa shape index (κ3) is 3.38. The van der Waals surface area contributed by atoms with Crippen LogP contribution in [0.15, 0.2) is 12.1 Å². The van der Waals surface area contributed by atoms with Crippen LogP contribution >= 0.6 is 11.8 Å². The Morgan fingerprint density at radius 3 is 2.45 bits per heavy atom. The predicted octanol–water partition coefficient (Wildman–Crippen LogP) is 3.44. The molecular weight excluding hydrogens is 264 g/mol. The van der Waals surface area contributed by atoms with Gasteiger partial charge in [0.2, 0.25) is 0 Å². The number of benzene rings is 1. The Kier molecular flexibility index (Phi) is 4.83. The molecule has 1 atom stereocenters. The molecule has 20 heavy (non-hydrogen) atoms. The van der Waals surface area contributed by atoms with E-state index in [4.69, 9.17) is 5.73 Å². The first-order valence-electron chi connectivity index (χ1n) is 7.50. The van der Waals surface area contributed by atoms with Gasteiger partial charge in [-0.2, -0.15) is 11.8 Å². The van der Waals surface area contributed by atoms with E-state index in [0.29, 0.717) is 17.3 Å². The second-order valence-corrected chi connectivity index (χ2v) is 8.43. The van der Waals surface area contributed by atoms with Crippen molar-refractivity contribution in [1.82, 2.24) is 4.90 Å². The Morgan fingerprint density at radius 1 is 1.20 bits per heavy atom. The van der Waals surface area contributed by atoms with Crippen LogP contribution in [-0.2, 0) is 0 Å². The normalized spacial score (nSPS) is 20.9. The SMILES string of the molecule is Cc1cc(C)c(C(CN)N2CCSC(C)(C)C2)cc1C. The van der Waals surface area contributed by atoms with Crippen LogP contribution in [-0.4, -0.2) is 35.0 Å². The van der Waals surface area contributed by atoms with Gasteiger partial charge in [-0.1, -0.05) is 12.1 Å². The van der Waals surface area contributed by atoms with Crippen LogP contribution in [0.3, 0.4) is 0 Å². The molecule has 2 rings (SSSR count). The summed E-state index contributed by atoms with van der Waals surface area (Å²) >= 11 is 2.07. The zero-order chi connectivity index (χ0) is 14.9. The first-order valence-corrected chi connectivity index (χ1v) is 8.48. The van der Waals surface area contributed by atoms with Gasteiger partial charge in [-0.15, -0.1) is 0 Å². The topological polar surface area (TPSA) is 29.3 Å². The summed E-state index contributed by atoms with van der Waals surface area (Å²) in [5.74, 6) is 1.20. The highest BCUT2D eigenvalue weighted by Gasteiger charge is 2.31. The Bertz CT molecular complexity index is 482. The fraction of sp³-hybridized carbons (Fsp3) is 0.647. The minimum absolute atomic E-state index is 0.333. The second-order valence-electron chi connectivity index (χ2n) is 6.62. The fourth-order valence-corrected chi connectivity index (χ4v) is 4.27. The van der Waals surface area contributed by atoms with Crippen molar-refractivity contribution >= 4 is 11.8 Å². The van der Waals surface area contributed by atoms with Crippen molar-refractivity contribution in [2.45, 2.75) is 45.4 Å². The van der Waals surface area contributed by atoms with E-state index < -0.39 is 0 Å². The highest BCUT2D eigenvalue weighted by atomic mass is 32.2. The summed E-state index contributed by atoms with van der Waals surface area (Å²) in [6.07, 6.45) is 0. The summed E-state index contributed by atoms with van der Waals surface area (Å²) < 4.78 is 0.333. The summed E-state index contributed by atoms with van der Waals surface area (Å²) in [4.78, 5) is 2.58. The van der Waals surface area contributed by atoms with Crippen LogP contribution in [0.25, 0.3) is 0 Å². The van der Waals surface area contributed by atoms with Gasteiger partial charge >= 0.3 is 0 Å². The molecule has 2 nitrogen and oxygen atoms in total. The summed E-state index contributed by atoms with van der Waals surface area (Å²) in [5, 5.41) is 0. The zero-order valence-electron chi connectivity index (χ0n) is 13.5. The van der Waals surface area contributed by atoms with E-state index in [1.54, 1.807) is 0 Å². The summed E-state index contributed by atoms with van der Waals surface area (Å²) in [7, 11) is 0. The van der Waals surface area contributed by atoms with Crippen molar-refractivity contribution in [2.75, 3.05) is 25.4 Å². The van der Waals surface area contributed by atoms with Gasteiger partial charge in [-0.25, -0.2) is 0 Å². The number of nitrogens with zero attached hydrogens (tertiary/aromatic N) is 1. The van der Waals surface area contributed by atoms with Crippen molar-refractivity contribution in [3.63, 3.8) is 0 Å². The Morgan fingerprint density at radius 2 is 1.85 bits per heavy atom. The van der Waals surface area contributed by atoms with Gasteiger partial charge in [0.25, 0.3) is 0 Å². The van der Waals surface area contributed by atoms with Gasteiger partial charge in [0.05, 0.1) is 0 Å². The molecule has 112 valence electrons. The van der Waals surface area contributed by atoms with Crippen LogP contribution in [0.5, 0.6) is 0 Å². The van der Waals surface area contributed by atoms with E-state index >= 15 is 0 Å². The lowest BCUT2D eigenvalue weighted by atomic mass is 9.94. The maximum atomic E-state index is 6.13. The number of rotatable bonds is 3. The Labute approximate surface area is 128 Å². The number of nitrogens with two attached hydrogens (primary N) is 1. The molecule has 0 bridgehead atoms. The van der Waals surface area contributed by atoms with Gasteiger partial charge in [-0.3, -0.25) is 4.90 Å². The molecule has 1 heterocycles. The Balaban J connectivity index is 2.30. The van der Waals surface area contributed by atoms with E-state index in [1.165, 1.54) is 28.0 Å². The first-order chi connectivity index (χ1) is 9.34. The largest absolute Gasteiger partial charge is 0.329 e. The molecule has 0 aromatic heterocycles. The predicted molar refractivity (Wildman–Crippen MR) is 90.6 cm³/mol. The smallest absolute Gasteiger partial charge is 0.0474 e. The highest BCUT2D eigenvalue weighted by Crippen LogP contribution is 2.35. The van der Waals surface area contributed by atoms with Crippen molar-refractivity contribution in [1.29, 1.82) is 0 Å². The minimum atomic E-state index is 0.333. The minimum Gasteiger partial charge on any atom is -0.329 e. The quantitative estimate of drug-likeness (QED) is 0.925. The van der Waals surface area contributed by atoms with Crippen molar-refractivity contribution in [2.24, 2.45) is 5.73 Å². The van der Waals surface area contributed by atoms with Crippen LogP contribution in [0, 0.1) is 20.8 Å². The number of hydrogen-bond donors (Lipinski definition) is 1. The molecule has 0 spiro atoms. The summed E-state index contributed by atoms with van der Waals surface area (Å²) in [5.41, 5.74) is 11.7. The van der Waals surface area contributed by atoms with Gasteiger partial charge < -0.3 is 5.73 Å². The monoisotopic (exact) mass is 292 g/mol. The van der Waals surface area contributed by atoms with Gasteiger partial charge in [0, 0.05) is 36.2 Å². The first kappa shape index (κ1) is 15.9. The third-order valence-corrected chi connectivity index (χ3v) is 5.66. The third-order valence-electron chi connectivity index (χ3n) is 4.36. The molecule has 1 unspecified atom stereocenters. The van der Waals surface area contributed by atoms with Crippen molar-refractivity contribution in [3.05, 3.63) is 34.4 Å². The molecule has 1 saturated heterocycles. The van der Waals surface area contributed by atoms with Crippen LogP contribution in [0.4, 0.5) is 0 Å². The molecule has 0 radical (unpaired) electrons. The molecule has 1 fully saturated rings. The standard InChI is InChI=1S/C17H28N2S/c1-12-8-14(3)15(9-13(12)2)16(10-18)19-6-7-20-17(4,5)11-19/h8-9,16H,6-7,10-11,18H2,1-5H3. The van der Waals surface area contributed by atoms with E-state index in [1.807, 2.05) is 0 Å². The van der Waals surface area contributed by atoms with E-state index in [9.17, 15) is 0 Å². The van der Waals surface area contributed by atoms with Crippen molar-refractivity contribution in [3.8, 4) is 0 Å². The maximum Gasteiger partial charge on any atom is 0.0474 e. The average molecular weight is 292 g/mol. The van der Waals surface area contributed by atoms with Gasteiger partial charge in [0.15, 0.2) is 0 Å². The Hall–Kier alpha value is -0.510. The van der Waals surface area contributed by atoms with E-state index in [2.05, 4.69) is 63.4 Å². The molecule has 0 saturated carbocycles. The number of hydrogen-bond acceptors (Lipinski definition) is 3. The molecule has 1 aliphatic rings. The zero-order valence-corrected chi connectivity index (χ0v) is 14.3.